The highest BCUT2D eigenvalue weighted by Gasteiger charge is 2.34. The molecule has 0 aromatic heterocycles. The number of carbonyl (C=O) groups is 2. The molecule has 5 heteroatoms. The van der Waals surface area contributed by atoms with Crippen LogP contribution >= 0.6 is 0 Å². The van der Waals surface area contributed by atoms with Gasteiger partial charge in [-0.05, 0) is 24.3 Å². The van der Waals surface area contributed by atoms with Crippen LogP contribution in [0.2, 0.25) is 0 Å². The number of halogens is 1. The van der Waals surface area contributed by atoms with E-state index in [1.54, 1.807) is 24.3 Å². The molecule has 0 aliphatic carbocycles. The van der Waals surface area contributed by atoms with Crippen LogP contribution in [-0.4, -0.2) is 23.4 Å². The van der Waals surface area contributed by atoms with Gasteiger partial charge in [-0.2, -0.15) is 0 Å². The highest BCUT2D eigenvalue weighted by atomic mass is 35.5. The van der Waals surface area contributed by atoms with Gasteiger partial charge in [-0.3, -0.25) is 14.5 Å². The Kier molecular flexibility index (Phi) is 4.05. The molecule has 1 N–H and O–H groups in total. The fourth-order valence-corrected chi connectivity index (χ4v) is 2.11. The van der Waals surface area contributed by atoms with E-state index in [2.05, 4.69) is 5.32 Å². The maximum atomic E-state index is 12.1. The van der Waals surface area contributed by atoms with Crippen molar-refractivity contribution in [1.29, 1.82) is 0 Å². The summed E-state index contributed by atoms with van der Waals surface area (Å²) < 4.78 is 0. The van der Waals surface area contributed by atoms with Gasteiger partial charge in [-0.25, -0.2) is 0 Å². The van der Waals surface area contributed by atoms with E-state index < -0.39 is 0 Å². The number of hydrogen-bond acceptors (Lipinski definition) is 3. The molecule has 4 nitrogen and oxygen atoms in total. The minimum atomic E-state index is -0.246. The van der Waals surface area contributed by atoms with Crippen LogP contribution in [0.25, 0.3) is 0 Å². The Morgan fingerprint density at radius 1 is 0.800 bits per heavy atom. The molecule has 0 atom stereocenters. The summed E-state index contributed by atoms with van der Waals surface area (Å²) in [7, 11) is 0. The Hall–Kier alpha value is -2.33. The van der Waals surface area contributed by atoms with Crippen molar-refractivity contribution in [2.45, 2.75) is 0 Å². The third-order valence-electron chi connectivity index (χ3n) is 3.09. The predicted octanol–water partition coefficient (Wildman–Crippen LogP) is -0.644. The summed E-state index contributed by atoms with van der Waals surface area (Å²) in [5.41, 5.74) is 1.82. The van der Waals surface area contributed by atoms with E-state index in [0.717, 1.165) is 5.69 Å². The van der Waals surface area contributed by atoms with Crippen molar-refractivity contribution < 1.29 is 22.0 Å². The second-order valence-electron chi connectivity index (χ2n) is 4.28. The molecule has 2 aromatic rings. The van der Waals surface area contributed by atoms with Gasteiger partial charge in [0, 0.05) is 5.69 Å². The lowest BCUT2D eigenvalue weighted by Gasteiger charge is -2.15. The summed E-state index contributed by atoms with van der Waals surface area (Å²) in [6.07, 6.45) is 0. The smallest absolute Gasteiger partial charge is 0.263 e. The molecule has 0 radical (unpaired) electrons. The number of fused-ring (bicyclic) bond motifs is 1. The monoisotopic (exact) mass is 287 g/mol. The number of anilines is 1. The first-order valence-electron chi connectivity index (χ1n) is 6.01. The summed E-state index contributed by atoms with van der Waals surface area (Å²) >= 11 is 0. The van der Waals surface area contributed by atoms with Crippen LogP contribution in [0, 0.1) is 0 Å². The lowest BCUT2D eigenvalue weighted by Crippen LogP contribution is -3.00. The molecule has 1 aliphatic heterocycles. The lowest BCUT2D eigenvalue weighted by molar-refractivity contribution is -0.0000268. The summed E-state index contributed by atoms with van der Waals surface area (Å²) in [5, 5.41) is 3.07. The van der Waals surface area contributed by atoms with Gasteiger partial charge in [0.15, 0.2) is 0 Å². The number of benzene rings is 2. The second-order valence-corrected chi connectivity index (χ2v) is 4.28. The normalized spacial score (nSPS) is 12.9. The van der Waals surface area contributed by atoms with Crippen LogP contribution in [-0.2, 0) is 0 Å². The van der Waals surface area contributed by atoms with Crippen LogP contribution in [0.5, 0.6) is 0 Å². The zero-order chi connectivity index (χ0) is 13.2. The standard InChI is InChI=1S/C15H12N2O2.ClH/c18-14-12-8-4-5-9-13(12)15(19)17(14)10-16-11-6-2-1-3-7-11;/h1-9,16H,10H2;1H/p-1. The first kappa shape index (κ1) is 14.1. The van der Waals surface area contributed by atoms with Crippen molar-refractivity contribution in [1.82, 2.24) is 4.90 Å². The molecular formula is C15H12ClN2O2-. The zero-order valence-electron chi connectivity index (χ0n) is 10.5. The van der Waals surface area contributed by atoms with Crippen LogP contribution in [0.1, 0.15) is 20.7 Å². The molecule has 0 saturated carbocycles. The van der Waals surface area contributed by atoms with E-state index >= 15 is 0 Å². The van der Waals surface area contributed by atoms with Crippen molar-refractivity contribution in [3.63, 3.8) is 0 Å². The third-order valence-corrected chi connectivity index (χ3v) is 3.09. The number of nitrogens with zero attached hydrogens (tertiary/aromatic N) is 1. The summed E-state index contributed by atoms with van der Waals surface area (Å²) in [6.45, 7) is 0.177. The second kappa shape index (κ2) is 5.75. The summed E-state index contributed by atoms with van der Waals surface area (Å²) in [6, 6.07) is 16.4. The molecule has 0 fully saturated rings. The van der Waals surface area contributed by atoms with Gasteiger partial charge in [0.1, 0.15) is 0 Å². The fraction of sp³-hybridized carbons (Fsp3) is 0.0667. The maximum absolute atomic E-state index is 12.1. The Labute approximate surface area is 122 Å². The molecule has 0 unspecified atom stereocenters. The maximum Gasteiger partial charge on any atom is 0.263 e. The zero-order valence-corrected chi connectivity index (χ0v) is 11.3. The molecule has 102 valence electrons. The van der Waals surface area contributed by atoms with Gasteiger partial charge < -0.3 is 17.7 Å². The van der Waals surface area contributed by atoms with E-state index in [0.29, 0.717) is 11.1 Å². The average Bonchev–Trinajstić information content (AvgIpc) is 2.71. The third kappa shape index (κ3) is 2.38. The number of rotatable bonds is 3. The molecule has 2 amide bonds. The molecule has 1 aliphatic rings. The highest BCUT2D eigenvalue weighted by molar-refractivity contribution is 6.21. The number of imide groups is 1. The lowest BCUT2D eigenvalue weighted by atomic mass is 10.1. The fourth-order valence-electron chi connectivity index (χ4n) is 2.11. The Bertz CT molecular complexity index is 608. The summed E-state index contributed by atoms with van der Waals surface area (Å²) in [4.78, 5) is 25.4. The highest BCUT2D eigenvalue weighted by Crippen LogP contribution is 2.22. The van der Waals surface area contributed by atoms with E-state index in [1.165, 1.54) is 4.90 Å². The van der Waals surface area contributed by atoms with Gasteiger partial charge in [0.25, 0.3) is 11.8 Å². The Morgan fingerprint density at radius 3 is 1.85 bits per heavy atom. The predicted molar refractivity (Wildman–Crippen MR) is 71.9 cm³/mol. The van der Waals surface area contributed by atoms with Crippen LogP contribution in [0.15, 0.2) is 54.6 Å². The number of nitrogens with one attached hydrogen (secondary N) is 1. The number of para-hydroxylation sites is 1. The van der Waals surface area contributed by atoms with E-state index in [9.17, 15) is 9.59 Å². The molecule has 20 heavy (non-hydrogen) atoms. The van der Waals surface area contributed by atoms with Crippen molar-refractivity contribution in [3.8, 4) is 0 Å². The average molecular weight is 288 g/mol. The van der Waals surface area contributed by atoms with E-state index in [1.807, 2.05) is 30.3 Å². The number of amides is 2. The molecule has 0 spiro atoms. The minimum Gasteiger partial charge on any atom is -1.00 e. The van der Waals surface area contributed by atoms with Gasteiger partial charge in [-0.15, -0.1) is 0 Å². The molecule has 0 bridgehead atoms. The minimum absolute atomic E-state index is 0. The van der Waals surface area contributed by atoms with Crippen molar-refractivity contribution >= 4 is 17.5 Å². The largest absolute Gasteiger partial charge is 1.00 e. The molecular weight excluding hydrogens is 276 g/mol. The first-order valence-corrected chi connectivity index (χ1v) is 6.01. The topological polar surface area (TPSA) is 49.4 Å². The number of carbonyl (C=O) groups excluding carboxylic acids is 2. The van der Waals surface area contributed by atoms with E-state index in [-0.39, 0.29) is 30.9 Å². The van der Waals surface area contributed by atoms with Gasteiger partial charge in [-0.1, -0.05) is 30.3 Å². The SMILES string of the molecule is O=C1c2ccccc2C(=O)N1CNc1ccccc1.[Cl-]. The van der Waals surface area contributed by atoms with E-state index in [4.69, 9.17) is 0 Å². The van der Waals surface area contributed by atoms with Crippen LogP contribution in [0.3, 0.4) is 0 Å². The van der Waals surface area contributed by atoms with Crippen molar-refractivity contribution in [2.24, 2.45) is 0 Å². The van der Waals surface area contributed by atoms with Gasteiger partial charge in [0.05, 0.1) is 17.8 Å². The molecule has 0 saturated heterocycles. The first-order chi connectivity index (χ1) is 9.27. The Morgan fingerprint density at radius 2 is 1.30 bits per heavy atom. The van der Waals surface area contributed by atoms with Crippen molar-refractivity contribution in [2.75, 3.05) is 12.0 Å². The number of hydrogen-bond donors (Lipinski definition) is 1. The molecule has 2 aromatic carbocycles. The van der Waals surface area contributed by atoms with Crippen LogP contribution < -0.4 is 17.7 Å². The van der Waals surface area contributed by atoms with Crippen LogP contribution in [0.4, 0.5) is 5.69 Å². The quantitative estimate of drug-likeness (QED) is 0.764. The molecule has 3 rings (SSSR count). The summed E-state index contributed by atoms with van der Waals surface area (Å²) in [5.74, 6) is -0.493. The van der Waals surface area contributed by atoms with Crippen molar-refractivity contribution in [3.05, 3.63) is 65.7 Å². The van der Waals surface area contributed by atoms with Gasteiger partial charge >= 0.3 is 0 Å². The molecule has 1 heterocycles. The Balaban J connectivity index is 0.00000147. The van der Waals surface area contributed by atoms with Gasteiger partial charge in [0.2, 0.25) is 0 Å².